The van der Waals surface area contributed by atoms with Crippen LogP contribution in [0.4, 0.5) is 13.2 Å². The average molecular weight is 529 g/mol. The number of benzene rings is 1. The summed E-state index contributed by atoms with van der Waals surface area (Å²) < 4.78 is 45.9. The quantitative estimate of drug-likeness (QED) is 0.289. The van der Waals surface area contributed by atoms with Crippen molar-refractivity contribution in [1.82, 2.24) is 10.6 Å². The lowest BCUT2D eigenvalue weighted by atomic mass is 9.93. The van der Waals surface area contributed by atoms with E-state index < -0.39 is 11.7 Å². The first kappa shape index (κ1) is 25.8. The van der Waals surface area contributed by atoms with Gasteiger partial charge in [0.1, 0.15) is 5.75 Å². The monoisotopic (exact) mass is 529 g/mol. The van der Waals surface area contributed by atoms with Gasteiger partial charge in [-0.25, -0.2) is 4.99 Å². The number of hydrogen-bond acceptors (Lipinski definition) is 3. The molecule has 0 unspecified atom stereocenters. The van der Waals surface area contributed by atoms with E-state index in [0.29, 0.717) is 25.3 Å². The third-order valence-corrected chi connectivity index (χ3v) is 4.55. The molecule has 0 heterocycles. The van der Waals surface area contributed by atoms with Crippen LogP contribution in [0.3, 0.4) is 0 Å². The van der Waals surface area contributed by atoms with Crippen LogP contribution in [0.2, 0.25) is 0 Å². The number of nitrogens with zero attached hydrogens (tertiary/aromatic N) is 1. The lowest BCUT2D eigenvalue weighted by Crippen LogP contribution is -2.45. The first-order chi connectivity index (χ1) is 13.2. The molecule has 166 valence electrons. The second-order valence-corrected chi connectivity index (χ2v) is 7.33. The van der Waals surface area contributed by atoms with Crippen LogP contribution in [0.25, 0.3) is 0 Å². The van der Waals surface area contributed by atoms with Gasteiger partial charge in [0.25, 0.3) is 0 Å². The third kappa shape index (κ3) is 8.57. The molecule has 1 aromatic carbocycles. The molecule has 1 aromatic rings. The maximum Gasteiger partial charge on any atom is 0.416 e. The minimum Gasteiger partial charge on any atom is -0.491 e. The predicted molar refractivity (Wildman–Crippen MR) is 119 cm³/mol. The highest BCUT2D eigenvalue weighted by atomic mass is 127. The molecule has 1 fully saturated rings. The molecule has 0 radical (unpaired) electrons. The smallest absolute Gasteiger partial charge is 0.416 e. The van der Waals surface area contributed by atoms with E-state index >= 15 is 0 Å². The summed E-state index contributed by atoms with van der Waals surface area (Å²) in [5, 5.41) is 16.0. The van der Waals surface area contributed by atoms with Gasteiger partial charge in [-0.3, -0.25) is 0 Å². The van der Waals surface area contributed by atoms with Gasteiger partial charge >= 0.3 is 6.18 Å². The number of hydrogen-bond donors (Lipinski definition) is 3. The molecule has 2 rings (SSSR count). The van der Waals surface area contributed by atoms with Gasteiger partial charge in [-0.05, 0) is 64.2 Å². The van der Waals surface area contributed by atoms with E-state index in [1.54, 1.807) is 19.9 Å². The molecule has 0 aliphatic heterocycles. The van der Waals surface area contributed by atoms with Crippen LogP contribution >= 0.6 is 24.0 Å². The number of nitrogens with one attached hydrogen (secondary N) is 2. The standard InChI is InChI=1S/C20H30F3N3O2.HI/c1-4-24-19(26-15-6-8-16(27)9-7-15)25-12-14-5-10-17(28-13(2)3)11-18(14)20(21,22)23;/h5,10-11,13,15-16,27H,4,6-9,12H2,1-3H3,(H2,24,25,26);1H. The van der Waals surface area contributed by atoms with E-state index in [-0.39, 0.29) is 60.1 Å². The minimum absolute atomic E-state index is 0. The van der Waals surface area contributed by atoms with Crippen LogP contribution in [0.5, 0.6) is 5.75 Å². The molecule has 0 aromatic heterocycles. The van der Waals surface area contributed by atoms with Gasteiger partial charge < -0.3 is 20.5 Å². The second-order valence-electron chi connectivity index (χ2n) is 7.33. The fourth-order valence-electron chi connectivity index (χ4n) is 3.20. The summed E-state index contributed by atoms with van der Waals surface area (Å²) in [6, 6.07) is 4.16. The molecule has 0 spiro atoms. The van der Waals surface area contributed by atoms with Crippen molar-refractivity contribution >= 4 is 29.9 Å². The molecule has 5 nitrogen and oxygen atoms in total. The molecule has 0 atom stereocenters. The lowest BCUT2D eigenvalue weighted by Gasteiger charge is -2.27. The van der Waals surface area contributed by atoms with Crippen LogP contribution in [0.15, 0.2) is 23.2 Å². The molecular formula is C20H31F3IN3O2. The first-order valence-corrected chi connectivity index (χ1v) is 9.78. The Kier molecular flexibility index (Phi) is 10.5. The number of ether oxygens (including phenoxy) is 1. The number of aliphatic hydroxyl groups excluding tert-OH is 1. The molecule has 1 aliphatic carbocycles. The van der Waals surface area contributed by atoms with Gasteiger partial charge in [0, 0.05) is 12.6 Å². The molecule has 29 heavy (non-hydrogen) atoms. The van der Waals surface area contributed by atoms with Crippen molar-refractivity contribution in [3.05, 3.63) is 29.3 Å². The highest BCUT2D eigenvalue weighted by molar-refractivity contribution is 14.0. The van der Waals surface area contributed by atoms with Crippen molar-refractivity contribution in [2.24, 2.45) is 4.99 Å². The molecule has 1 aliphatic rings. The fourth-order valence-corrected chi connectivity index (χ4v) is 3.20. The summed E-state index contributed by atoms with van der Waals surface area (Å²) in [5.74, 6) is 0.681. The van der Waals surface area contributed by atoms with Crippen molar-refractivity contribution in [2.75, 3.05) is 6.54 Å². The molecule has 9 heteroatoms. The Morgan fingerprint density at radius 1 is 1.24 bits per heavy atom. The molecule has 0 amide bonds. The summed E-state index contributed by atoms with van der Waals surface area (Å²) in [4.78, 5) is 4.35. The summed E-state index contributed by atoms with van der Waals surface area (Å²) >= 11 is 0. The Morgan fingerprint density at radius 2 is 1.90 bits per heavy atom. The SMILES string of the molecule is CCNC(=NCc1ccc(OC(C)C)cc1C(F)(F)F)NC1CCC(O)CC1.I. The summed E-state index contributed by atoms with van der Waals surface area (Å²) in [7, 11) is 0. The van der Waals surface area contributed by atoms with Gasteiger partial charge in [-0.15, -0.1) is 24.0 Å². The zero-order valence-electron chi connectivity index (χ0n) is 17.1. The third-order valence-electron chi connectivity index (χ3n) is 4.55. The van der Waals surface area contributed by atoms with Crippen molar-refractivity contribution in [2.45, 2.75) is 77.4 Å². The number of halogens is 4. The highest BCUT2D eigenvalue weighted by Crippen LogP contribution is 2.35. The molecular weight excluding hydrogens is 498 g/mol. The highest BCUT2D eigenvalue weighted by Gasteiger charge is 2.34. The number of aliphatic imine (C=N–C) groups is 1. The summed E-state index contributed by atoms with van der Waals surface area (Å²) in [5.41, 5.74) is -0.633. The number of guanidine groups is 1. The van der Waals surface area contributed by atoms with E-state index in [1.165, 1.54) is 6.07 Å². The van der Waals surface area contributed by atoms with E-state index in [2.05, 4.69) is 15.6 Å². The average Bonchev–Trinajstić information content (AvgIpc) is 2.61. The fraction of sp³-hybridized carbons (Fsp3) is 0.650. The molecule has 0 saturated heterocycles. The zero-order valence-corrected chi connectivity index (χ0v) is 19.4. The Hall–Kier alpha value is -1.23. The maximum atomic E-state index is 13.5. The van der Waals surface area contributed by atoms with E-state index in [1.807, 2.05) is 6.92 Å². The van der Waals surface area contributed by atoms with Gasteiger partial charge in [-0.1, -0.05) is 6.07 Å². The maximum absolute atomic E-state index is 13.5. The number of rotatable bonds is 6. The Labute approximate surface area is 187 Å². The Balaban J connectivity index is 0.00000420. The van der Waals surface area contributed by atoms with E-state index in [0.717, 1.165) is 18.9 Å². The van der Waals surface area contributed by atoms with Gasteiger partial charge in [0.2, 0.25) is 0 Å². The molecule has 1 saturated carbocycles. The molecule has 0 bridgehead atoms. The van der Waals surface area contributed by atoms with Crippen LogP contribution in [-0.4, -0.2) is 35.9 Å². The molecule has 3 N–H and O–H groups in total. The Bertz CT molecular complexity index is 661. The van der Waals surface area contributed by atoms with Crippen LogP contribution < -0.4 is 15.4 Å². The topological polar surface area (TPSA) is 65.9 Å². The van der Waals surface area contributed by atoms with E-state index in [9.17, 15) is 18.3 Å². The first-order valence-electron chi connectivity index (χ1n) is 9.78. The van der Waals surface area contributed by atoms with Crippen molar-refractivity contribution in [1.29, 1.82) is 0 Å². The van der Waals surface area contributed by atoms with Crippen LogP contribution in [-0.2, 0) is 12.7 Å². The zero-order chi connectivity index (χ0) is 20.7. The number of alkyl halides is 3. The lowest BCUT2D eigenvalue weighted by molar-refractivity contribution is -0.138. The number of aliphatic hydroxyl groups is 1. The minimum atomic E-state index is -4.48. The van der Waals surface area contributed by atoms with E-state index in [4.69, 9.17) is 4.74 Å². The van der Waals surface area contributed by atoms with Gasteiger partial charge in [-0.2, -0.15) is 13.2 Å². The van der Waals surface area contributed by atoms with Crippen LogP contribution in [0.1, 0.15) is 57.6 Å². The second kappa shape index (κ2) is 11.8. The largest absolute Gasteiger partial charge is 0.491 e. The van der Waals surface area contributed by atoms with Crippen molar-refractivity contribution < 1.29 is 23.0 Å². The predicted octanol–water partition coefficient (Wildman–Crippen LogP) is 4.47. The summed E-state index contributed by atoms with van der Waals surface area (Å²) in [6.45, 7) is 5.95. The summed E-state index contributed by atoms with van der Waals surface area (Å²) in [6.07, 6.45) is -1.91. The van der Waals surface area contributed by atoms with Gasteiger partial charge in [0.05, 0.1) is 24.3 Å². The van der Waals surface area contributed by atoms with Crippen LogP contribution in [0, 0.1) is 0 Å². The van der Waals surface area contributed by atoms with Crippen molar-refractivity contribution in [3.8, 4) is 5.75 Å². The normalized spacial score (nSPS) is 20.2. The van der Waals surface area contributed by atoms with Gasteiger partial charge in [0.15, 0.2) is 5.96 Å². The Morgan fingerprint density at radius 3 is 2.45 bits per heavy atom. The van der Waals surface area contributed by atoms with Crippen molar-refractivity contribution in [3.63, 3.8) is 0 Å².